The van der Waals surface area contributed by atoms with E-state index < -0.39 is 0 Å². The van der Waals surface area contributed by atoms with Crippen LogP contribution in [-0.4, -0.2) is 5.71 Å². The normalized spacial score (nSPS) is 19.8. The van der Waals surface area contributed by atoms with E-state index in [0.717, 1.165) is 33.2 Å². The molecule has 3 nitrogen and oxygen atoms in total. The summed E-state index contributed by atoms with van der Waals surface area (Å²) in [6.07, 6.45) is 11.7. The zero-order chi connectivity index (χ0) is 13.2. The van der Waals surface area contributed by atoms with Crippen LogP contribution in [0.2, 0.25) is 0 Å². The van der Waals surface area contributed by atoms with Crippen molar-refractivity contribution in [1.29, 1.82) is 10.5 Å². The van der Waals surface area contributed by atoms with E-state index in [1.807, 2.05) is 30.4 Å². The van der Waals surface area contributed by atoms with Crippen LogP contribution in [0.5, 0.6) is 0 Å². The zero-order valence-corrected chi connectivity index (χ0v) is 10.9. The topological polar surface area (TPSA) is 59.9 Å². The van der Waals surface area contributed by atoms with Crippen LogP contribution in [-0.2, 0) is 0 Å². The van der Waals surface area contributed by atoms with Crippen molar-refractivity contribution in [3.63, 3.8) is 0 Å². The molecule has 0 unspecified atom stereocenters. The molecule has 0 fully saturated rings. The molecule has 4 heteroatoms. The molecule has 0 radical (unpaired) electrons. The molecule has 1 aliphatic heterocycles. The van der Waals surface area contributed by atoms with E-state index in [4.69, 9.17) is 10.5 Å². The highest BCUT2D eigenvalue weighted by Crippen LogP contribution is 2.44. The van der Waals surface area contributed by atoms with E-state index in [0.29, 0.717) is 6.42 Å². The summed E-state index contributed by atoms with van der Waals surface area (Å²) in [5.41, 5.74) is 2.81. The van der Waals surface area contributed by atoms with Gasteiger partial charge in [0, 0.05) is 15.4 Å². The minimum absolute atomic E-state index is 0.190. The fourth-order valence-electron chi connectivity index (χ4n) is 2.16. The summed E-state index contributed by atoms with van der Waals surface area (Å²) < 4.78 is 0. The lowest BCUT2D eigenvalue weighted by Gasteiger charge is -2.23. The number of fused-ring (bicyclic) bond motifs is 1. The van der Waals surface area contributed by atoms with E-state index in [9.17, 15) is 0 Å². The third-order valence-corrected chi connectivity index (χ3v) is 4.31. The Morgan fingerprint density at radius 3 is 2.84 bits per heavy atom. The maximum Gasteiger partial charge on any atom is 0.134 e. The van der Waals surface area contributed by atoms with E-state index >= 15 is 0 Å². The smallest absolute Gasteiger partial charge is 0.134 e. The van der Waals surface area contributed by atoms with E-state index in [2.05, 4.69) is 17.1 Å². The highest BCUT2D eigenvalue weighted by molar-refractivity contribution is 8.08. The number of rotatable bonds is 0. The summed E-state index contributed by atoms with van der Waals surface area (Å²) in [6.45, 7) is 0. The van der Waals surface area contributed by atoms with Crippen molar-refractivity contribution in [2.45, 2.75) is 12.8 Å². The van der Waals surface area contributed by atoms with Gasteiger partial charge in [-0.1, -0.05) is 30.0 Å². The molecule has 0 saturated heterocycles. The average molecular weight is 263 g/mol. The van der Waals surface area contributed by atoms with Crippen molar-refractivity contribution in [3.8, 4) is 12.1 Å². The molecule has 90 valence electrons. The van der Waals surface area contributed by atoms with Crippen molar-refractivity contribution < 1.29 is 0 Å². The molecule has 0 saturated carbocycles. The van der Waals surface area contributed by atoms with E-state index in [-0.39, 0.29) is 5.57 Å². The second kappa shape index (κ2) is 4.76. The molecule has 3 aliphatic rings. The summed E-state index contributed by atoms with van der Waals surface area (Å²) in [6, 6.07) is 3.96. The lowest BCUT2D eigenvalue weighted by molar-refractivity contribution is 1.17. The van der Waals surface area contributed by atoms with Crippen LogP contribution in [0.1, 0.15) is 12.8 Å². The average Bonchev–Trinajstić information content (AvgIpc) is 2.46. The Morgan fingerprint density at radius 2 is 2.05 bits per heavy atom. The van der Waals surface area contributed by atoms with Gasteiger partial charge in [-0.3, -0.25) is 0 Å². The van der Waals surface area contributed by atoms with Gasteiger partial charge in [-0.15, -0.1) is 0 Å². The Labute approximate surface area is 115 Å². The first-order valence-electron chi connectivity index (χ1n) is 5.91. The number of allylic oxidation sites excluding steroid dienone is 8. The second-order valence-corrected chi connectivity index (χ2v) is 5.26. The minimum atomic E-state index is 0.190. The van der Waals surface area contributed by atoms with Gasteiger partial charge in [-0.05, 0) is 25.0 Å². The largest absolute Gasteiger partial charge is 0.247 e. The van der Waals surface area contributed by atoms with Gasteiger partial charge in [0.2, 0.25) is 0 Å². The Bertz CT molecular complexity index is 699. The Hall–Kier alpha value is -2.30. The number of nitrogens with zero attached hydrogens (tertiary/aromatic N) is 3. The van der Waals surface area contributed by atoms with Gasteiger partial charge in [-0.2, -0.15) is 10.5 Å². The van der Waals surface area contributed by atoms with Crippen LogP contribution in [0.4, 0.5) is 0 Å². The predicted molar refractivity (Wildman–Crippen MR) is 75.9 cm³/mol. The molecule has 0 N–H and O–H groups in total. The fourth-order valence-corrected chi connectivity index (χ4v) is 3.30. The zero-order valence-electron chi connectivity index (χ0n) is 10.1. The quantitative estimate of drug-likeness (QED) is 0.628. The number of hydrogen-bond donors (Lipinski definition) is 0. The maximum atomic E-state index is 9.05. The third kappa shape index (κ3) is 1.97. The molecule has 0 aromatic rings. The van der Waals surface area contributed by atoms with Crippen LogP contribution in [0.15, 0.2) is 62.0 Å². The van der Waals surface area contributed by atoms with Crippen molar-refractivity contribution in [2.75, 3.05) is 0 Å². The lowest BCUT2D eigenvalue weighted by atomic mass is 10.0. The number of hydrogen-bond acceptors (Lipinski definition) is 4. The van der Waals surface area contributed by atoms with Gasteiger partial charge in [0.05, 0.1) is 11.4 Å². The molecule has 19 heavy (non-hydrogen) atoms. The maximum absolute atomic E-state index is 9.05. The molecule has 2 aliphatic carbocycles. The van der Waals surface area contributed by atoms with E-state index in [1.165, 1.54) is 0 Å². The van der Waals surface area contributed by atoms with Crippen molar-refractivity contribution in [3.05, 3.63) is 57.0 Å². The summed E-state index contributed by atoms with van der Waals surface area (Å²) in [4.78, 5) is 6.67. The molecule has 0 bridgehead atoms. The molecule has 0 amide bonds. The van der Waals surface area contributed by atoms with Crippen molar-refractivity contribution >= 4 is 17.5 Å². The highest BCUT2D eigenvalue weighted by Gasteiger charge is 2.25. The predicted octanol–water partition coefficient (Wildman–Crippen LogP) is 3.53. The number of aliphatic imine (C=N–C) groups is 1. The number of nitriles is 2. The molecule has 0 aromatic carbocycles. The van der Waals surface area contributed by atoms with Gasteiger partial charge >= 0.3 is 0 Å². The van der Waals surface area contributed by atoms with Crippen LogP contribution >= 0.6 is 11.8 Å². The standard InChI is InChI=1S/C15H9N3S/c16-8-10(9-17)11-4-3-6-13-15(11)19-14-7-2-1-5-12(14)18-13/h1,3,5-7H,2,4H2. The van der Waals surface area contributed by atoms with Crippen molar-refractivity contribution in [1.82, 2.24) is 0 Å². The van der Waals surface area contributed by atoms with Gasteiger partial charge in [0.15, 0.2) is 0 Å². The number of thioether (sulfide) groups is 1. The third-order valence-electron chi connectivity index (χ3n) is 3.05. The van der Waals surface area contributed by atoms with E-state index in [1.54, 1.807) is 11.8 Å². The lowest BCUT2D eigenvalue weighted by Crippen LogP contribution is -2.09. The second-order valence-electron chi connectivity index (χ2n) is 4.20. The molecule has 0 spiro atoms. The summed E-state index contributed by atoms with van der Waals surface area (Å²) in [7, 11) is 0. The van der Waals surface area contributed by atoms with Crippen molar-refractivity contribution in [2.24, 2.45) is 4.99 Å². The summed E-state index contributed by atoms with van der Waals surface area (Å²) in [5, 5.41) is 18.1. The minimum Gasteiger partial charge on any atom is -0.247 e. The van der Waals surface area contributed by atoms with Gasteiger partial charge in [0.25, 0.3) is 0 Å². The first-order chi connectivity index (χ1) is 9.33. The summed E-state index contributed by atoms with van der Waals surface area (Å²) in [5.74, 6) is 0. The first kappa shape index (κ1) is 11.8. The van der Waals surface area contributed by atoms with Crippen LogP contribution in [0, 0.1) is 22.7 Å². The Morgan fingerprint density at radius 1 is 1.21 bits per heavy atom. The SMILES string of the molecule is N#CC(C#N)=C1CC=CC2=C1SC1=CCC=CC1=N2. The first-order valence-corrected chi connectivity index (χ1v) is 6.73. The Kier molecular flexibility index (Phi) is 2.95. The Balaban J connectivity index is 2.16. The highest BCUT2D eigenvalue weighted by atomic mass is 32.2. The molecule has 0 atom stereocenters. The summed E-state index contributed by atoms with van der Waals surface area (Å²) >= 11 is 1.61. The van der Waals surface area contributed by atoms with Gasteiger partial charge < -0.3 is 0 Å². The monoisotopic (exact) mass is 263 g/mol. The molecular formula is C15H9N3S. The van der Waals surface area contributed by atoms with Gasteiger partial charge in [-0.25, -0.2) is 4.99 Å². The fraction of sp³-hybridized carbons (Fsp3) is 0.133. The van der Waals surface area contributed by atoms with Gasteiger partial charge in [0.1, 0.15) is 17.7 Å². The molecule has 0 aromatic heterocycles. The van der Waals surface area contributed by atoms with Crippen LogP contribution in [0.25, 0.3) is 0 Å². The van der Waals surface area contributed by atoms with Crippen LogP contribution in [0.3, 0.4) is 0 Å². The van der Waals surface area contributed by atoms with Crippen LogP contribution < -0.4 is 0 Å². The molecular weight excluding hydrogens is 254 g/mol. The molecule has 3 rings (SSSR count). The molecule has 1 heterocycles.